The van der Waals surface area contributed by atoms with Gasteiger partial charge in [-0.3, -0.25) is 9.59 Å². The average molecular weight is 317 g/mol. The standard InChI is InChI=1S/C12H13BrO5/c1-6(14)11-7(4-10(15)16)8(13)5-9(17-2)12(11)18-3/h5H,4H2,1-3H3,(H,15,16). The van der Waals surface area contributed by atoms with Crippen LogP contribution in [0.3, 0.4) is 0 Å². The molecule has 0 unspecified atom stereocenters. The highest BCUT2D eigenvalue weighted by Crippen LogP contribution is 2.38. The van der Waals surface area contributed by atoms with Crippen LogP contribution in [0.15, 0.2) is 10.5 Å². The molecule has 0 atom stereocenters. The lowest BCUT2D eigenvalue weighted by Crippen LogP contribution is -2.10. The predicted molar refractivity (Wildman–Crippen MR) is 68.6 cm³/mol. The number of carbonyl (C=O) groups is 2. The van der Waals surface area contributed by atoms with Gasteiger partial charge in [-0.2, -0.15) is 0 Å². The third kappa shape index (κ3) is 2.81. The predicted octanol–water partition coefficient (Wildman–Crippen LogP) is 2.30. The quantitative estimate of drug-likeness (QED) is 0.844. The third-order valence-corrected chi connectivity index (χ3v) is 3.11. The number of benzene rings is 1. The Morgan fingerprint density at radius 1 is 1.33 bits per heavy atom. The molecule has 0 heterocycles. The maximum Gasteiger partial charge on any atom is 0.307 e. The molecule has 18 heavy (non-hydrogen) atoms. The number of ether oxygens (including phenoxy) is 2. The first kappa shape index (κ1) is 14.5. The fourth-order valence-corrected chi connectivity index (χ4v) is 2.24. The summed E-state index contributed by atoms with van der Waals surface area (Å²) >= 11 is 3.25. The van der Waals surface area contributed by atoms with Crippen molar-refractivity contribution in [3.05, 3.63) is 21.7 Å². The topological polar surface area (TPSA) is 72.8 Å². The lowest BCUT2D eigenvalue weighted by atomic mass is 9.99. The van der Waals surface area contributed by atoms with Crippen molar-refractivity contribution < 1.29 is 24.2 Å². The summed E-state index contributed by atoms with van der Waals surface area (Å²) in [6.45, 7) is 1.36. The zero-order valence-corrected chi connectivity index (χ0v) is 11.8. The van der Waals surface area contributed by atoms with Crippen LogP contribution in [0.4, 0.5) is 0 Å². The molecule has 1 N–H and O–H groups in total. The van der Waals surface area contributed by atoms with Gasteiger partial charge in [-0.15, -0.1) is 0 Å². The molecule has 0 aliphatic rings. The Labute approximate surface area is 113 Å². The Balaban J connectivity index is 3.58. The second kappa shape index (κ2) is 5.86. The molecule has 0 radical (unpaired) electrons. The number of hydrogen-bond acceptors (Lipinski definition) is 4. The van der Waals surface area contributed by atoms with Gasteiger partial charge < -0.3 is 14.6 Å². The van der Waals surface area contributed by atoms with Gasteiger partial charge in [0.25, 0.3) is 0 Å². The Morgan fingerprint density at radius 3 is 2.33 bits per heavy atom. The van der Waals surface area contributed by atoms with Crippen molar-refractivity contribution in [2.24, 2.45) is 0 Å². The third-order valence-electron chi connectivity index (χ3n) is 2.40. The zero-order chi connectivity index (χ0) is 13.9. The summed E-state index contributed by atoms with van der Waals surface area (Å²) in [5.74, 6) is -0.665. The van der Waals surface area contributed by atoms with Gasteiger partial charge in [0.1, 0.15) is 0 Å². The molecular weight excluding hydrogens is 304 g/mol. The van der Waals surface area contributed by atoms with E-state index in [-0.39, 0.29) is 23.5 Å². The van der Waals surface area contributed by atoms with E-state index in [4.69, 9.17) is 14.6 Å². The van der Waals surface area contributed by atoms with Gasteiger partial charge in [-0.25, -0.2) is 0 Å². The molecular formula is C12H13BrO5. The Kier molecular flexibility index (Phi) is 4.72. The summed E-state index contributed by atoms with van der Waals surface area (Å²) in [5, 5.41) is 8.88. The van der Waals surface area contributed by atoms with Gasteiger partial charge >= 0.3 is 5.97 Å². The molecule has 1 aromatic carbocycles. The minimum absolute atomic E-state index is 0.228. The Bertz CT molecular complexity index is 496. The highest BCUT2D eigenvalue weighted by molar-refractivity contribution is 9.10. The summed E-state index contributed by atoms with van der Waals surface area (Å²) in [6, 6.07) is 1.59. The summed E-state index contributed by atoms with van der Waals surface area (Å²) in [6.07, 6.45) is -0.268. The van der Waals surface area contributed by atoms with E-state index in [1.807, 2.05) is 0 Å². The van der Waals surface area contributed by atoms with Gasteiger partial charge in [0.05, 0.1) is 26.2 Å². The van der Waals surface area contributed by atoms with Crippen molar-refractivity contribution in [1.29, 1.82) is 0 Å². The van der Waals surface area contributed by atoms with Crippen molar-refractivity contribution in [1.82, 2.24) is 0 Å². The van der Waals surface area contributed by atoms with Crippen LogP contribution in [0.1, 0.15) is 22.8 Å². The maximum atomic E-state index is 11.7. The molecule has 0 aromatic heterocycles. The van der Waals surface area contributed by atoms with Crippen LogP contribution in [0, 0.1) is 0 Å². The average Bonchev–Trinajstić information content (AvgIpc) is 2.29. The number of Topliss-reactive ketones (excluding diaryl/α,β-unsaturated/α-hetero) is 1. The molecule has 0 aliphatic heterocycles. The highest BCUT2D eigenvalue weighted by Gasteiger charge is 2.23. The first-order chi connectivity index (χ1) is 8.42. The van der Waals surface area contributed by atoms with Gasteiger partial charge in [-0.05, 0) is 18.6 Å². The van der Waals surface area contributed by atoms with Crippen molar-refractivity contribution in [3.63, 3.8) is 0 Å². The molecule has 1 aromatic rings. The first-order valence-corrected chi connectivity index (χ1v) is 5.87. The number of ketones is 1. The van der Waals surface area contributed by atoms with E-state index in [2.05, 4.69) is 15.9 Å². The molecule has 5 nitrogen and oxygen atoms in total. The molecule has 6 heteroatoms. The van der Waals surface area contributed by atoms with Crippen LogP contribution < -0.4 is 9.47 Å². The minimum atomic E-state index is -1.02. The van der Waals surface area contributed by atoms with Crippen molar-refractivity contribution in [2.45, 2.75) is 13.3 Å². The largest absolute Gasteiger partial charge is 0.493 e. The van der Waals surface area contributed by atoms with E-state index in [1.54, 1.807) is 6.07 Å². The van der Waals surface area contributed by atoms with Crippen LogP contribution in [0.25, 0.3) is 0 Å². The molecule has 0 aliphatic carbocycles. The number of carboxylic acid groups (broad SMARTS) is 1. The molecule has 0 saturated heterocycles. The smallest absolute Gasteiger partial charge is 0.307 e. The highest BCUT2D eigenvalue weighted by atomic mass is 79.9. The molecule has 0 spiro atoms. The summed E-state index contributed by atoms with van der Waals surface area (Å²) in [7, 11) is 2.85. The van der Waals surface area contributed by atoms with Crippen molar-refractivity contribution in [3.8, 4) is 11.5 Å². The van der Waals surface area contributed by atoms with Gasteiger partial charge in [-0.1, -0.05) is 15.9 Å². The molecule has 0 amide bonds. The van der Waals surface area contributed by atoms with E-state index in [1.165, 1.54) is 21.1 Å². The number of methoxy groups -OCH3 is 2. The van der Waals surface area contributed by atoms with Crippen LogP contribution in [-0.2, 0) is 11.2 Å². The molecule has 1 rings (SSSR count). The number of halogens is 1. The van der Waals surface area contributed by atoms with Gasteiger partial charge in [0.15, 0.2) is 17.3 Å². The van der Waals surface area contributed by atoms with E-state index in [9.17, 15) is 9.59 Å². The van der Waals surface area contributed by atoms with Gasteiger partial charge in [0, 0.05) is 4.47 Å². The zero-order valence-electron chi connectivity index (χ0n) is 10.2. The fraction of sp³-hybridized carbons (Fsp3) is 0.333. The summed E-state index contributed by atoms with van der Waals surface area (Å²) in [5.41, 5.74) is 0.610. The van der Waals surface area contributed by atoms with Crippen molar-refractivity contribution >= 4 is 27.7 Å². The number of aliphatic carboxylic acids is 1. The number of carbonyl (C=O) groups excluding carboxylic acids is 1. The maximum absolute atomic E-state index is 11.7. The van der Waals surface area contributed by atoms with Crippen LogP contribution >= 0.6 is 15.9 Å². The number of hydrogen-bond donors (Lipinski definition) is 1. The van der Waals surface area contributed by atoms with Crippen LogP contribution in [0.5, 0.6) is 11.5 Å². The first-order valence-electron chi connectivity index (χ1n) is 5.08. The van der Waals surface area contributed by atoms with E-state index in [0.717, 1.165) is 0 Å². The second-order valence-electron chi connectivity index (χ2n) is 3.57. The van der Waals surface area contributed by atoms with Crippen LogP contribution in [0.2, 0.25) is 0 Å². The van der Waals surface area contributed by atoms with E-state index >= 15 is 0 Å². The second-order valence-corrected chi connectivity index (χ2v) is 4.43. The monoisotopic (exact) mass is 316 g/mol. The summed E-state index contributed by atoms with van der Waals surface area (Å²) in [4.78, 5) is 22.5. The minimum Gasteiger partial charge on any atom is -0.493 e. The van der Waals surface area contributed by atoms with Crippen molar-refractivity contribution in [2.75, 3.05) is 14.2 Å². The summed E-state index contributed by atoms with van der Waals surface area (Å²) < 4.78 is 10.8. The van der Waals surface area contributed by atoms with E-state index < -0.39 is 5.97 Å². The Hall–Kier alpha value is -1.56. The van der Waals surface area contributed by atoms with E-state index in [0.29, 0.717) is 15.8 Å². The normalized spacial score (nSPS) is 10.0. The molecule has 0 fully saturated rings. The SMILES string of the molecule is COc1cc(Br)c(CC(=O)O)c(C(C)=O)c1OC. The Morgan fingerprint density at radius 2 is 1.94 bits per heavy atom. The molecule has 0 saturated carbocycles. The molecule has 98 valence electrons. The van der Waals surface area contributed by atoms with Gasteiger partial charge in [0.2, 0.25) is 0 Å². The lowest BCUT2D eigenvalue weighted by Gasteiger charge is -2.16. The van der Waals surface area contributed by atoms with Crippen LogP contribution in [-0.4, -0.2) is 31.1 Å². The fourth-order valence-electron chi connectivity index (χ4n) is 1.70. The lowest BCUT2D eigenvalue weighted by molar-refractivity contribution is -0.136. The number of carboxylic acids is 1. The molecule has 0 bridgehead atoms. The number of rotatable bonds is 5.